The van der Waals surface area contributed by atoms with Crippen molar-refractivity contribution < 1.29 is 9.90 Å². The summed E-state index contributed by atoms with van der Waals surface area (Å²) in [4.78, 5) is 30.9. The van der Waals surface area contributed by atoms with Crippen molar-refractivity contribution in [1.82, 2.24) is 9.55 Å². The highest BCUT2D eigenvalue weighted by Crippen LogP contribution is 2.42. The Morgan fingerprint density at radius 2 is 1.70 bits per heavy atom. The van der Waals surface area contributed by atoms with E-state index in [0.717, 1.165) is 12.0 Å². The lowest BCUT2D eigenvalue weighted by molar-refractivity contribution is 0.0562. The zero-order valence-electron chi connectivity index (χ0n) is 16.5. The van der Waals surface area contributed by atoms with Crippen molar-refractivity contribution in [2.24, 2.45) is 0 Å². The molecule has 0 amide bonds. The molecule has 0 radical (unpaired) electrons. The number of hydrogen-bond donors (Lipinski definition) is 1. The van der Waals surface area contributed by atoms with Crippen LogP contribution in [0.1, 0.15) is 40.7 Å². The lowest BCUT2D eigenvalue weighted by Crippen LogP contribution is -2.32. The minimum atomic E-state index is -1.68. The van der Waals surface area contributed by atoms with Crippen LogP contribution in [0.4, 0.5) is 0 Å². The largest absolute Gasteiger partial charge is 0.377 e. The van der Waals surface area contributed by atoms with Crippen LogP contribution in [0.5, 0.6) is 0 Å². The zero-order valence-corrected chi connectivity index (χ0v) is 16.5. The van der Waals surface area contributed by atoms with Gasteiger partial charge in [0.1, 0.15) is 0 Å². The Labute approximate surface area is 173 Å². The Balaban J connectivity index is 1.68. The molecule has 5 rings (SSSR count). The molecule has 0 aliphatic carbocycles. The average molecular weight is 396 g/mol. The molecule has 5 nitrogen and oxygen atoms in total. The molecule has 3 aromatic carbocycles. The van der Waals surface area contributed by atoms with Crippen molar-refractivity contribution >= 4 is 16.7 Å². The molecule has 1 N–H and O–H groups in total. The van der Waals surface area contributed by atoms with Gasteiger partial charge in [-0.25, -0.2) is 4.98 Å². The first-order chi connectivity index (χ1) is 14.5. The minimum Gasteiger partial charge on any atom is -0.377 e. The molecule has 0 bridgehead atoms. The standard InChI is InChI=1S/C25H20N2O3/c1-2-16-11-13-17(14-12-16)22(28)15-25(30)19-8-4-6-10-21(19)27-23(29)18-7-3-5-9-20(18)26-24(25)27/h3-14,30H,2,15H2,1H3. The number of carbonyl (C=O) groups is 1. The Kier molecular flexibility index (Phi) is 4.15. The lowest BCUT2D eigenvalue weighted by Gasteiger charge is -2.23. The second-order valence-electron chi connectivity index (χ2n) is 7.62. The predicted molar refractivity (Wildman–Crippen MR) is 115 cm³/mol. The third kappa shape index (κ3) is 2.63. The topological polar surface area (TPSA) is 72.2 Å². The Morgan fingerprint density at radius 3 is 2.47 bits per heavy atom. The van der Waals surface area contributed by atoms with E-state index in [4.69, 9.17) is 0 Å². The maximum absolute atomic E-state index is 13.2. The SMILES string of the molecule is CCc1ccc(C(=O)CC2(O)c3ccccc3-n3c2nc2ccccc2c3=O)cc1. The van der Waals surface area contributed by atoms with Gasteiger partial charge in [-0.1, -0.05) is 61.5 Å². The highest BCUT2D eigenvalue weighted by Gasteiger charge is 2.46. The van der Waals surface area contributed by atoms with Gasteiger partial charge in [0.05, 0.1) is 23.0 Å². The molecule has 148 valence electrons. The molecule has 1 atom stereocenters. The van der Waals surface area contributed by atoms with Crippen molar-refractivity contribution in [3.63, 3.8) is 0 Å². The number of hydrogen-bond acceptors (Lipinski definition) is 4. The van der Waals surface area contributed by atoms with Crippen LogP contribution in [0, 0.1) is 0 Å². The summed E-state index contributed by atoms with van der Waals surface area (Å²) >= 11 is 0. The van der Waals surface area contributed by atoms with E-state index < -0.39 is 5.60 Å². The fourth-order valence-electron chi connectivity index (χ4n) is 4.21. The van der Waals surface area contributed by atoms with E-state index in [-0.39, 0.29) is 23.6 Å². The highest BCUT2D eigenvalue weighted by molar-refractivity contribution is 5.97. The molecule has 0 saturated carbocycles. The normalized spacial score (nSPS) is 17.0. The number of aliphatic hydroxyl groups is 1. The van der Waals surface area contributed by atoms with Gasteiger partial charge >= 0.3 is 0 Å². The van der Waals surface area contributed by atoms with Crippen molar-refractivity contribution in [1.29, 1.82) is 0 Å². The Hall–Kier alpha value is -3.57. The third-order valence-corrected chi connectivity index (χ3v) is 5.84. The highest BCUT2D eigenvalue weighted by atomic mass is 16.3. The number of para-hydroxylation sites is 2. The van der Waals surface area contributed by atoms with E-state index in [1.54, 1.807) is 60.7 Å². The van der Waals surface area contributed by atoms with Crippen LogP contribution in [0.15, 0.2) is 77.6 Å². The first-order valence-corrected chi connectivity index (χ1v) is 9.99. The molecule has 0 fully saturated rings. The van der Waals surface area contributed by atoms with Crippen LogP contribution in [-0.4, -0.2) is 20.4 Å². The van der Waals surface area contributed by atoms with Crippen molar-refractivity contribution in [2.45, 2.75) is 25.4 Å². The molecular weight excluding hydrogens is 376 g/mol. The van der Waals surface area contributed by atoms with Gasteiger partial charge in [0.15, 0.2) is 17.2 Å². The molecule has 0 saturated heterocycles. The molecule has 5 heteroatoms. The van der Waals surface area contributed by atoms with Crippen LogP contribution in [0.25, 0.3) is 16.6 Å². The van der Waals surface area contributed by atoms with Gasteiger partial charge in [0, 0.05) is 11.1 Å². The number of fused-ring (bicyclic) bond motifs is 4. The van der Waals surface area contributed by atoms with Gasteiger partial charge in [-0.2, -0.15) is 0 Å². The maximum atomic E-state index is 13.2. The van der Waals surface area contributed by atoms with E-state index in [0.29, 0.717) is 27.7 Å². The van der Waals surface area contributed by atoms with Gasteiger partial charge in [-0.15, -0.1) is 0 Å². The summed E-state index contributed by atoms with van der Waals surface area (Å²) in [5, 5.41) is 12.2. The summed E-state index contributed by atoms with van der Waals surface area (Å²) in [7, 11) is 0. The third-order valence-electron chi connectivity index (χ3n) is 5.84. The fourth-order valence-corrected chi connectivity index (χ4v) is 4.21. The van der Waals surface area contributed by atoms with Gasteiger partial charge in [-0.3, -0.25) is 14.2 Å². The number of benzene rings is 3. The summed E-state index contributed by atoms with van der Waals surface area (Å²) in [6.45, 7) is 2.06. The van der Waals surface area contributed by atoms with Crippen molar-refractivity contribution in [3.05, 3.63) is 106 Å². The molecule has 30 heavy (non-hydrogen) atoms. The van der Waals surface area contributed by atoms with Crippen LogP contribution >= 0.6 is 0 Å². The van der Waals surface area contributed by atoms with Crippen LogP contribution < -0.4 is 5.56 Å². The van der Waals surface area contributed by atoms with Gasteiger partial charge in [0.25, 0.3) is 5.56 Å². The van der Waals surface area contributed by atoms with Crippen LogP contribution in [-0.2, 0) is 12.0 Å². The van der Waals surface area contributed by atoms with E-state index in [1.165, 1.54) is 4.57 Å². The number of Topliss-reactive ketones (excluding diaryl/α,β-unsaturated/α-hetero) is 1. The molecule has 1 aromatic heterocycles. The van der Waals surface area contributed by atoms with Crippen molar-refractivity contribution in [2.75, 3.05) is 0 Å². The number of aryl methyl sites for hydroxylation is 1. The minimum absolute atomic E-state index is 0.186. The summed E-state index contributed by atoms with van der Waals surface area (Å²) in [6, 6.07) is 21.6. The summed E-state index contributed by atoms with van der Waals surface area (Å²) in [6.07, 6.45) is 0.694. The Morgan fingerprint density at radius 1 is 1.00 bits per heavy atom. The second kappa shape index (κ2) is 6.75. The molecule has 1 aliphatic rings. The van der Waals surface area contributed by atoms with E-state index in [2.05, 4.69) is 11.9 Å². The predicted octanol–water partition coefficient (Wildman–Crippen LogP) is 3.77. The number of carbonyl (C=O) groups excluding carboxylic acids is 1. The smallest absolute Gasteiger partial charge is 0.266 e. The quantitative estimate of drug-likeness (QED) is 0.533. The summed E-state index contributed by atoms with van der Waals surface area (Å²) in [5.41, 5.74) is 1.32. The first-order valence-electron chi connectivity index (χ1n) is 9.99. The van der Waals surface area contributed by atoms with Gasteiger partial charge in [0.2, 0.25) is 0 Å². The molecule has 1 aliphatic heterocycles. The van der Waals surface area contributed by atoms with Crippen molar-refractivity contribution in [3.8, 4) is 5.69 Å². The Bertz CT molecular complexity index is 1360. The first kappa shape index (κ1) is 18.5. The van der Waals surface area contributed by atoms with E-state index in [1.807, 2.05) is 12.1 Å². The van der Waals surface area contributed by atoms with Crippen LogP contribution in [0.2, 0.25) is 0 Å². The summed E-state index contributed by atoms with van der Waals surface area (Å²) < 4.78 is 1.44. The van der Waals surface area contributed by atoms with Gasteiger partial charge < -0.3 is 5.11 Å². The van der Waals surface area contributed by atoms with Gasteiger partial charge in [-0.05, 0) is 30.2 Å². The molecule has 1 unspecified atom stereocenters. The maximum Gasteiger partial charge on any atom is 0.266 e. The van der Waals surface area contributed by atoms with E-state index in [9.17, 15) is 14.7 Å². The number of rotatable bonds is 4. The lowest BCUT2D eigenvalue weighted by atomic mass is 9.87. The molecular formula is C25H20N2O3. The van der Waals surface area contributed by atoms with E-state index >= 15 is 0 Å². The zero-order chi connectivity index (χ0) is 20.9. The average Bonchev–Trinajstić information content (AvgIpc) is 3.02. The number of nitrogens with zero attached hydrogens (tertiary/aromatic N) is 2. The second-order valence-corrected chi connectivity index (χ2v) is 7.62. The monoisotopic (exact) mass is 396 g/mol. The molecule has 4 aromatic rings. The number of ketones is 1. The summed E-state index contributed by atoms with van der Waals surface area (Å²) in [5.74, 6) is -0.0169. The number of aromatic nitrogens is 2. The molecule has 2 heterocycles. The fraction of sp³-hybridized carbons (Fsp3) is 0.160. The molecule has 0 spiro atoms. The van der Waals surface area contributed by atoms with Crippen LogP contribution in [0.3, 0.4) is 0 Å².